The molecule has 0 bridgehead atoms. The van der Waals surface area contributed by atoms with Gasteiger partial charge in [0.25, 0.3) is 5.91 Å². The number of para-hydroxylation sites is 1. The van der Waals surface area contributed by atoms with E-state index in [2.05, 4.69) is 15.2 Å². The minimum atomic E-state index is -2.98. The normalized spacial score (nSPS) is 10.9. The van der Waals surface area contributed by atoms with Crippen molar-refractivity contribution in [2.75, 3.05) is 6.61 Å². The van der Waals surface area contributed by atoms with E-state index in [4.69, 9.17) is 4.74 Å². The van der Waals surface area contributed by atoms with E-state index in [1.54, 1.807) is 6.92 Å². The first-order valence-electron chi connectivity index (χ1n) is 9.51. The lowest BCUT2D eigenvalue weighted by atomic mass is 10.1. The molecule has 158 valence electrons. The maximum absolute atomic E-state index is 12.6. The van der Waals surface area contributed by atoms with Crippen molar-refractivity contribution >= 4 is 5.91 Å². The van der Waals surface area contributed by atoms with Crippen LogP contribution in [-0.2, 0) is 6.54 Å². The Hall–Kier alpha value is -3.42. The number of aryl methyl sites for hydroxylation is 1. The molecule has 8 heteroatoms. The van der Waals surface area contributed by atoms with E-state index in [9.17, 15) is 13.6 Å². The SMILES string of the molecule is CCOc1cc(C(=O)NCc2c(C)nn(-c3ccccc3)c2C)ccc1OC(F)F. The molecule has 0 unspecified atom stereocenters. The number of halogens is 2. The number of nitrogens with zero attached hydrogens (tertiary/aromatic N) is 2. The molecule has 1 N–H and O–H groups in total. The van der Waals surface area contributed by atoms with Gasteiger partial charge in [0, 0.05) is 23.4 Å². The number of carbonyl (C=O) groups is 1. The number of hydrogen-bond acceptors (Lipinski definition) is 4. The van der Waals surface area contributed by atoms with Gasteiger partial charge in [-0.3, -0.25) is 4.79 Å². The highest BCUT2D eigenvalue weighted by atomic mass is 19.3. The highest BCUT2D eigenvalue weighted by Gasteiger charge is 2.17. The van der Waals surface area contributed by atoms with Crippen molar-refractivity contribution in [1.29, 1.82) is 0 Å². The van der Waals surface area contributed by atoms with Gasteiger partial charge in [-0.1, -0.05) is 18.2 Å². The number of aromatic nitrogens is 2. The van der Waals surface area contributed by atoms with Crippen molar-refractivity contribution in [3.05, 3.63) is 71.0 Å². The molecule has 0 spiro atoms. The van der Waals surface area contributed by atoms with E-state index in [0.29, 0.717) is 0 Å². The summed E-state index contributed by atoms with van der Waals surface area (Å²) in [5.74, 6) is -0.375. The summed E-state index contributed by atoms with van der Waals surface area (Å²) >= 11 is 0. The lowest BCUT2D eigenvalue weighted by molar-refractivity contribution is -0.0514. The quantitative estimate of drug-likeness (QED) is 0.592. The fourth-order valence-electron chi connectivity index (χ4n) is 3.13. The molecule has 1 heterocycles. The second kappa shape index (κ2) is 9.39. The maximum Gasteiger partial charge on any atom is 0.387 e. The molecule has 2 aromatic carbocycles. The monoisotopic (exact) mass is 415 g/mol. The van der Waals surface area contributed by atoms with Crippen molar-refractivity contribution < 1.29 is 23.0 Å². The summed E-state index contributed by atoms with van der Waals surface area (Å²) in [6.45, 7) is 3.10. The number of nitrogens with one attached hydrogen (secondary N) is 1. The van der Waals surface area contributed by atoms with Crippen LogP contribution in [0.1, 0.15) is 34.2 Å². The van der Waals surface area contributed by atoms with E-state index in [0.717, 1.165) is 22.6 Å². The van der Waals surface area contributed by atoms with Crippen molar-refractivity contribution in [2.24, 2.45) is 0 Å². The summed E-state index contributed by atoms with van der Waals surface area (Å²) < 4.78 is 36.7. The van der Waals surface area contributed by atoms with Gasteiger partial charge in [-0.15, -0.1) is 0 Å². The lowest BCUT2D eigenvalue weighted by Gasteiger charge is -2.13. The van der Waals surface area contributed by atoms with Crippen molar-refractivity contribution in [3.63, 3.8) is 0 Å². The van der Waals surface area contributed by atoms with Crippen LogP contribution < -0.4 is 14.8 Å². The topological polar surface area (TPSA) is 65.4 Å². The second-order valence-electron chi connectivity index (χ2n) is 6.55. The first-order valence-corrected chi connectivity index (χ1v) is 9.51. The molecule has 3 rings (SSSR count). The van der Waals surface area contributed by atoms with Crippen molar-refractivity contribution in [2.45, 2.75) is 33.9 Å². The summed E-state index contributed by atoms with van der Waals surface area (Å²) in [6, 6.07) is 13.8. The second-order valence-corrected chi connectivity index (χ2v) is 6.55. The summed E-state index contributed by atoms with van der Waals surface area (Å²) in [7, 11) is 0. The number of ether oxygens (including phenoxy) is 2. The van der Waals surface area contributed by atoms with Crippen LogP contribution in [0.5, 0.6) is 11.5 Å². The molecule has 6 nitrogen and oxygen atoms in total. The first-order chi connectivity index (χ1) is 14.4. The molecule has 0 fully saturated rings. The van der Waals surface area contributed by atoms with Gasteiger partial charge < -0.3 is 14.8 Å². The van der Waals surface area contributed by atoms with Gasteiger partial charge in [0.1, 0.15) is 0 Å². The number of benzene rings is 2. The Morgan fingerprint density at radius 3 is 2.53 bits per heavy atom. The number of carbonyl (C=O) groups excluding carboxylic acids is 1. The molecule has 1 aromatic heterocycles. The standard InChI is InChI=1S/C22H23F2N3O3/c1-4-29-20-12-16(10-11-19(20)30-22(23)24)21(28)25-13-18-14(2)26-27(15(18)3)17-8-6-5-7-9-17/h5-12,22H,4,13H2,1-3H3,(H,25,28). The molecule has 0 radical (unpaired) electrons. The molecular weight excluding hydrogens is 392 g/mol. The van der Waals surface area contributed by atoms with Gasteiger partial charge >= 0.3 is 6.61 Å². The highest BCUT2D eigenvalue weighted by molar-refractivity contribution is 5.94. The molecule has 0 aliphatic heterocycles. The van der Waals surface area contributed by atoms with Gasteiger partial charge in [-0.25, -0.2) is 4.68 Å². The number of rotatable bonds is 8. The zero-order valence-corrected chi connectivity index (χ0v) is 17.0. The Labute approximate surface area is 173 Å². The van der Waals surface area contributed by atoms with E-state index < -0.39 is 6.61 Å². The summed E-state index contributed by atoms with van der Waals surface area (Å²) in [5.41, 5.74) is 3.87. The maximum atomic E-state index is 12.6. The Bertz CT molecular complexity index is 1020. The van der Waals surface area contributed by atoms with Crippen LogP contribution in [-0.4, -0.2) is 28.9 Å². The van der Waals surface area contributed by atoms with Crippen LogP contribution in [0.15, 0.2) is 48.5 Å². The molecule has 0 aliphatic rings. The largest absolute Gasteiger partial charge is 0.490 e. The van der Waals surface area contributed by atoms with Crippen LogP contribution in [0.25, 0.3) is 5.69 Å². The number of amides is 1. The molecular formula is C22H23F2N3O3. The van der Waals surface area contributed by atoms with Crippen molar-refractivity contribution in [1.82, 2.24) is 15.1 Å². The Morgan fingerprint density at radius 2 is 1.87 bits per heavy atom. The molecule has 0 aliphatic carbocycles. The van der Waals surface area contributed by atoms with Crippen LogP contribution in [0.3, 0.4) is 0 Å². The van der Waals surface area contributed by atoms with Gasteiger partial charge in [0.05, 0.1) is 18.0 Å². The van der Waals surface area contributed by atoms with Gasteiger partial charge in [0.15, 0.2) is 11.5 Å². The third-order valence-electron chi connectivity index (χ3n) is 4.59. The molecule has 3 aromatic rings. The fourth-order valence-corrected chi connectivity index (χ4v) is 3.13. The van der Waals surface area contributed by atoms with E-state index >= 15 is 0 Å². The molecule has 0 atom stereocenters. The van der Waals surface area contributed by atoms with Gasteiger partial charge in [0.2, 0.25) is 0 Å². The lowest BCUT2D eigenvalue weighted by Crippen LogP contribution is -2.23. The summed E-state index contributed by atoms with van der Waals surface area (Å²) in [4.78, 5) is 12.6. The average molecular weight is 415 g/mol. The molecule has 30 heavy (non-hydrogen) atoms. The number of alkyl halides is 2. The summed E-state index contributed by atoms with van der Waals surface area (Å²) in [5, 5.41) is 7.42. The fraction of sp³-hybridized carbons (Fsp3) is 0.273. The molecule has 0 saturated carbocycles. The molecule has 1 amide bonds. The van der Waals surface area contributed by atoms with E-state index in [1.807, 2.05) is 48.9 Å². The van der Waals surface area contributed by atoms with Crippen LogP contribution >= 0.6 is 0 Å². The third kappa shape index (κ3) is 4.76. The minimum Gasteiger partial charge on any atom is -0.490 e. The summed E-state index contributed by atoms with van der Waals surface area (Å²) in [6.07, 6.45) is 0. The Morgan fingerprint density at radius 1 is 1.13 bits per heavy atom. The average Bonchev–Trinajstić information content (AvgIpc) is 3.01. The van der Waals surface area contributed by atoms with Gasteiger partial charge in [-0.05, 0) is 51.1 Å². The predicted molar refractivity (Wildman–Crippen MR) is 108 cm³/mol. The smallest absolute Gasteiger partial charge is 0.387 e. The zero-order valence-electron chi connectivity index (χ0n) is 17.0. The first kappa shape index (κ1) is 21.3. The van der Waals surface area contributed by atoms with Crippen LogP contribution in [0.4, 0.5) is 8.78 Å². The Balaban J connectivity index is 1.76. The Kier molecular flexibility index (Phi) is 6.66. The number of hydrogen-bond donors (Lipinski definition) is 1. The highest BCUT2D eigenvalue weighted by Crippen LogP contribution is 2.30. The van der Waals surface area contributed by atoms with Crippen LogP contribution in [0, 0.1) is 13.8 Å². The third-order valence-corrected chi connectivity index (χ3v) is 4.59. The zero-order chi connectivity index (χ0) is 21.7. The van der Waals surface area contributed by atoms with Gasteiger partial charge in [-0.2, -0.15) is 13.9 Å². The van der Waals surface area contributed by atoms with E-state index in [-0.39, 0.29) is 36.1 Å². The predicted octanol–water partition coefficient (Wildman–Crippen LogP) is 4.42. The van der Waals surface area contributed by atoms with E-state index in [1.165, 1.54) is 18.2 Å². The van der Waals surface area contributed by atoms with Crippen LogP contribution in [0.2, 0.25) is 0 Å². The van der Waals surface area contributed by atoms with Crippen molar-refractivity contribution in [3.8, 4) is 17.2 Å². The molecule has 0 saturated heterocycles. The minimum absolute atomic E-state index is 0.0923.